The monoisotopic (exact) mass is 208 g/mol. The number of rotatable bonds is 2. The minimum Gasteiger partial charge on any atom is -0.423 e. The third-order valence-corrected chi connectivity index (χ3v) is 3.13. The van der Waals surface area contributed by atoms with Gasteiger partial charge in [0, 0.05) is 0 Å². The molecule has 0 aliphatic heterocycles. The highest BCUT2D eigenvalue weighted by Crippen LogP contribution is 2.33. The van der Waals surface area contributed by atoms with Crippen molar-refractivity contribution >= 4 is 17.4 Å². The Kier molecular flexibility index (Phi) is 2.29. The predicted molar refractivity (Wildman–Crippen MR) is 58.3 cm³/mol. The molecule has 2 aromatic heterocycles. The summed E-state index contributed by atoms with van der Waals surface area (Å²) >= 11 is 1.66. The SMILES string of the molecule is CCc1nc(N)oc1-c1sccc1C. The van der Waals surface area contributed by atoms with Crippen LogP contribution in [0.2, 0.25) is 0 Å². The van der Waals surface area contributed by atoms with Crippen LogP contribution in [0.3, 0.4) is 0 Å². The number of oxazole rings is 1. The molecule has 0 aliphatic carbocycles. The van der Waals surface area contributed by atoms with Gasteiger partial charge in [-0.3, -0.25) is 0 Å². The molecule has 0 fully saturated rings. The lowest BCUT2D eigenvalue weighted by molar-refractivity contribution is 0.594. The summed E-state index contributed by atoms with van der Waals surface area (Å²) in [5.74, 6) is 0.831. The van der Waals surface area contributed by atoms with Gasteiger partial charge in [0.1, 0.15) is 0 Å². The Morgan fingerprint density at radius 2 is 2.36 bits per heavy atom. The Balaban J connectivity index is 2.55. The molecule has 2 rings (SSSR count). The van der Waals surface area contributed by atoms with Crippen molar-refractivity contribution in [3.63, 3.8) is 0 Å². The van der Waals surface area contributed by atoms with Crippen molar-refractivity contribution in [3.8, 4) is 10.6 Å². The highest BCUT2D eigenvalue weighted by molar-refractivity contribution is 7.13. The second-order valence-corrected chi connectivity index (χ2v) is 4.03. The van der Waals surface area contributed by atoms with E-state index in [0.717, 1.165) is 22.8 Å². The van der Waals surface area contributed by atoms with Crippen LogP contribution in [-0.2, 0) is 6.42 Å². The summed E-state index contributed by atoms with van der Waals surface area (Å²) in [5.41, 5.74) is 7.69. The highest BCUT2D eigenvalue weighted by Gasteiger charge is 2.14. The quantitative estimate of drug-likeness (QED) is 0.825. The van der Waals surface area contributed by atoms with Gasteiger partial charge in [0.25, 0.3) is 6.01 Å². The van der Waals surface area contributed by atoms with Gasteiger partial charge in [0.2, 0.25) is 0 Å². The number of aromatic nitrogens is 1. The zero-order valence-corrected chi connectivity index (χ0v) is 9.02. The Labute approximate surface area is 86.6 Å². The fourth-order valence-electron chi connectivity index (χ4n) is 1.39. The van der Waals surface area contributed by atoms with Crippen LogP contribution in [0.4, 0.5) is 6.01 Å². The number of nitrogens with two attached hydrogens (primary N) is 1. The maximum Gasteiger partial charge on any atom is 0.292 e. The van der Waals surface area contributed by atoms with Gasteiger partial charge in [0.05, 0.1) is 10.6 Å². The molecule has 2 N–H and O–H groups in total. The molecule has 4 heteroatoms. The predicted octanol–water partition coefficient (Wildman–Crippen LogP) is 2.86. The van der Waals surface area contributed by atoms with E-state index in [4.69, 9.17) is 10.2 Å². The summed E-state index contributed by atoms with van der Waals surface area (Å²) in [7, 11) is 0. The zero-order chi connectivity index (χ0) is 10.1. The van der Waals surface area contributed by atoms with Crippen LogP contribution in [0, 0.1) is 6.92 Å². The average Bonchev–Trinajstić information content (AvgIpc) is 2.71. The lowest BCUT2D eigenvalue weighted by Crippen LogP contribution is -1.85. The first kappa shape index (κ1) is 9.27. The first-order chi connectivity index (χ1) is 6.72. The fourth-order valence-corrected chi connectivity index (χ4v) is 2.32. The molecule has 0 aliphatic rings. The first-order valence-corrected chi connectivity index (χ1v) is 5.40. The number of anilines is 1. The molecule has 0 unspecified atom stereocenters. The molecular weight excluding hydrogens is 196 g/mol. The fraction of sp³-hybridized carbons (Fsp3) is 0.300. The van der Waals surface area contributed by atoms with Gasteiger partial charge in [-0.1, -0.05) is 6.92 Å². The molecular formula is C10H12N2OS. The minimum atomic E-state index is 0.254. The molecule has 0 aromatic carbocycles. The summed E-state index contributed by atoms with van der Waals surface area (Å²) in [6.45, 7) is 4.10. The van der Waals surface area contributed by atoms with E-state index in [-0.39, 0.29) is 6.01 Å². The van der Waals surface area contributed by atoms with Gasteiger partial charge in [-0.25, -0.2) is 0 Å². The Morgan fingerprint density at radius 1 is 1.57 bits per heavy atom. The number of nitrogen functional groups attached to an aromatic ring is 1. The second kappa shape index (κ2) is 3.46. The van der Waals surface area contributed by atoms with Crippen molar-refractivity contribution in [2.45, 2.75) is 20.3 Å². The standard InChI is InChI=1S/C10H12N2OS/c1-3-7-8(13-10(11)12-7)9-6(2)4-5-14-9/h4-5H,3H2,1-2H3,(H2,11,12). The van der Waals surface area contributed by atoms with Crippen molar-refractivity contribution in [2.75, 3.05) is 5.73 Å². The van der Waals surface area contributed by atoms with Crippen molar-refractivity contribution in [2.24, 2.45) is 0 Å². The molecule has 0 atom stereocenters. The molecule has 0 spiro atoms. The molecule has 74 valence electrons. The zero-order valence-electron chi connectivity index (χ0n) is 8.20. The van der Waals surface area contributed by atoms with Crippen LogP contribution in [0.15, 0.2) is 15.9 Å². The summed E-state index contributed by atoms with van der Waals surface area (Å²) in [4.78, 5) is 5.27. The first-order valence-electron chi connectivity index (χ1n) is 4.52. The van der Waals surface area contributed by atoms with Crippen molar-refractivity contribution in [1.82, 2.24) is 4.98 Å². The summed E-state index contributed by atoms with van der Waals surface area (Å²) in [6, 6.07) is 2.32. The van der Waals surface area contributed by atoms with Crippen LogP contribution >= 0.6 is 11.3 Å². The number of aryl methyl sites for hydroxylation is 2. The second-order valence-electron chi connectivity index (χ2n) is 3.11. The number of thiophene rings is 1. The van der Waals surface area contributed by atoms with E-state index in [0.29, 0.717) is 0 Å². The van der Waals surface area contributed by atoms with E-state index in [1.165, 1.54) is 5.56 Å². The van der Waals surface area contributed by atoms with Crippen LogP contribution < -0.4 is 5.73 Å². The van der Waals surface area contributed by atoms with Crippen molar-refractivity contribution in [3.05, 3.63) is 22.7 Å². The maximum atomic E-state index is 5.54. The molecule has 14 heavy (non-hydrogen) atoms. The van der Waals surface area contributed by atoms with Crippen molar-refractivity contribution < 1.29 is 4.42 Å². The van der Waals surface area contributed by atoms with E-state index >= 15 is 0 Å². The molecule has 2 aromatic rings. The van der Waals surface area contributed by atoms with Crippen molar-refractivity contribution in [1.29, 1.82) is 0 Å². The minimum absolute atomic E-state index is 0.254. The van der Waals surface area contributed by atoms with Crippen LogP contribution in [0.5, 0.6) is 0 Å². The summed E-state index contributed by atoms with van der Waals surface area (Å²) in [6.07, 6.45) is 0.841. The maximum absolute atomic E-state index is 5.54. The number of hydrogen-bond donors (Lipinski definition) is 1. The smallest absolute Gasteiger partial charge is 0.292 e. The van der Waals surface area contributed by atoms with Crippen LogP contribution in [-0.4, -0.2) is 4.98 Å². The van der Waals surface area contributed by atoms with Crippen LogP contribution in [0.1, 0.15) is 18.2 Å². The van der Waals surface area contributed by atoms with E-state index < -0.39 is 0 Å². The summed E-state index contributed by atoms with van der Waals surface area (Å²) in [5, 5.41) is 2.04. The number of nitrogens with zero attached hydrogens (tertiary/aromatic N) is 1. The highest BCUT2D eigenvalue weighted by atomic mass is 32.1. The van der Waals surface area contributed by atoms with Gasteiger partial charge in [-0.15, -0.1) is 11.3 Å². The molecule has 0 saturated heterocycles. The van der Waals surface area contributed by atoms with Gasteiger partial charge in [-0.05, 0) is 30.4 Å². The van der Waals surface area contributed by atoms with Crippen LogP contribution in [0.25, 0.3) is 10.6 Å². The molecule has 0 saturated carbocycles. The molecule has 2 heterocycles. The van der Waals surface area contributed by atoms with Gasteiger partial charge in [-0.2, -0.15) is 4.98 Å². The lowest BCUT2D eigenvalue weighted by Gasteiger charge is -1.95. The molecule has 0 amide bonds. The van der Waals surface area contributed by atoms with Gasteiger partial charge >= 0.3 is 0 Å². The topological polar surface area (TPSA) is 52.0 Å². The normalized spacial score (nSPS) is 10.7. The third-order valence-electron chi connectivity index (χ3n) is 2.12. The molecule has 0 bridgehead atoms. The Hall–Kier alpha value is -1.29. The van der Waals surface area contributed by atoms with E-state index in [1.807, 2.05) is 12.3 Å². The Morgan fingerprint density at radius 3 is 2.93 bits per heavy atom. The Bertz CT molecular complexity index is 445. The van der Waals surface area contributed by atoms with E-state index in [9.17, 15) is 0 Å². The number of hydrogen-bond acceptors (Lipinski definition) is 4. The lowest BCUT2D eigenvalue weighted by atomic mass is 10.2. The summed E-state index contributed by atoms with van der Waals surface area (Å²) < 4.78 is 5.41. The third kappa shape index (κ3) is 1.42. The average molecular weight is 208 g/mol. The molecule has 0 radical (unpaired) electrons. The largest absolute Gasteiger partial charge is 0.423 e. The van der Waals surface area contributed by atoms with Gasteiger partial charge < -0.3 is 10.2 Å². The van der Waals surface area contributed by atoms with E-state index in [1.54, 1.807) is 11.3 Å². The van der Waals surface area contributed by atoms with Gasteiger partial charge in [0.15, 0.2) is 5.76 Å². The van der Waals surface area contributed by atoms with E-state index in [2.05, 4.69) is 18.0 Å². The molecule has 3 nitrogen and oxygen atoms in total.